The lowest BCUT2D eigenvalue weighted by molar-refractivity contribution is 0.237. The highest BCUT2D eigenvalue weighted by Gasteiger charge is 2.30. The third-order valence-corrected chi connectivity index (χ3v) is 4.84. The topological polar surface area (TPSA) is 54.2 Å². The van der Waals surface area contributed by atoms with E-state index in [4.69, 9.17) is 0 Å². The second-order valence-corrected chi connectivity index (χ2v) is 7.09. The molecule has 0 unspecified atom stereocenters. The number of phenolic OH excluding ortho intramolecular Hbond substituents is 1. The summed E-state index contributed by atoms with van der Waals surface area (Å²) in [5, 5.41) is 18.5. The van der Waals surface area contributed by atoms with Crippen molar-refractivity contribution in [3.05, 3.63) is 41.5 Å². The van der Waals surface area contributed by atoms with Crippen LogP contribution in [0.4, 0.5) is 0 Å². The van der Waals surface area contributed by atoms with E-state index in [9.17, 15) is 5.11 Å². The maximum Gasteiger partial charge on any atom is 0.146 e. The summed E-state index contributed by atoms with van der Waals surface area (Å²) in [6.45, 7) is 2.76. The molecule has 2 fully saturated rings. The van der Waals surface area contributed by atoms with Gasteiger partial charge < -0.3 is 9.67 Å². The summed E-state index contributed by atoms with van der Waals surface area (Å²) in [6.07, 6.45) is 5.17. The molecule has 5 nitrogen and oxygen atoms in total. The number of benzene rings is 1. The second-order valence-electron chi connectivity index (χ2n) is 7.09. The molecule has 0 amide bonds. The van der Waals surface area contributed by atoms with Crippen molar-refractivity contribution in [1.82, 2.24) is 19.7 Å². The molecule has 0 spiro atoms. The summed E-state index contributed by atoms with van der Waals surface area (Å²) in [5.41, 5.74) is 1.15. The Kier molecular flexibility index (Phi) is 3.81. The molecule has 2 aliphatic rings. The molecule has 1 aromatic heterocycles. The average molecular weight is 312 g/mol. The van der Waals surface area contributed by atoms with Gasteiger partial charge in [0.1, 0.15) is 17.4 Å². The van der Waals surface area contributed by atoms with E-state index < -0.39 is 0 Å². The van der Waals surface area contributed by atoms with Gasteiger partial charge in [0.2, 0.25) is 0 Å². The summed E-state index contributed by atoms with van der Waals surface area (Å²) in [6, 6.07) is 7.56. The quantitative estimate of drug-likeness (QED) is 0.854. The van der Waals surface area contributed by atoms with Gasteiger partial charge in [0.15, 0.2) is 0 Å². The number of aromatic nitrogens is 3. The number of aromatic hydroxyl groups is 1. The van der Waals surface area contributed by atoms with Crippen LogP contribution >= 0.6 is 0 Å². The SMILES string of the molecule is Cn1c(CN(Cc2cccc(O)c2)CC2CC2)nnc1C1CC1. The Labute approximate surface area is 137 Å². The van der Waals surface area contributed by atoms with E-state index >= 15 is 0 Å². The fourth-order valence-electron chi connectivity index (χ4n) is 3.17. The molecule has 0 saturated heterocycles. The van der Waals surface area contributed by atoms with Gasteiger partial charge in [-0.15, -0.1) is 10.2 Å². The molecule has 23 heavy (non-hydrogen) atoms. The van der Waals surface area contributed by atoms with E-state index in [2.05, 4.69) is 32.8 Å². The van der Waals surface area contributed by atoms with Crippen molar-refractivity contribution < 1.29 is 5.11 Å². The molecule has 1 heterocycles. The van der Waals surface area contributed by atoms with Gasteiger partial charge in [-0.3, -0.25) is 4.90 Å². The Hall–Kier alpha value is -1.88. The molecule has 4 rings (SSSR count). The highest BCUT2D eigenvalue weighted by atomic mass is 16.3. The highest BCUT2D eigenvalue weighted by molar-refractivity contribution is 5.27. The second kappa shape index (κ2) is 5.96. The smallest absolute Gasteiger partial charge is 0.146 e. The minimum absolute atomic E-state index is 0.337. The minimum Gasteiger partial charge on any atom is -0.508 e. The first-order valence-electron chi connectivity index (χ1n) is 8.57. The first kappa shape index (κ1) is 14.7. The van der Waals surface area contributed by atoms with Gasteiger partial charge in [-0.1, -0.05) is 12.1 Å². The van der Waals surface area contributed by atoms with Crippen LogP contribution in [0.2, 0.25) is 0 Å². The molecular formula is C18H24N4O. The monoisotopic (exact) mass is 312 g/mol. The van der Waals surface area contributed by atoms with Crippen LogP contribution in [0.25, 0.3) is 0 Å². The normalized spacial score (nSPS) is 17.8. The standard InChI is InChI=1S/C18H24N4O/c1-21-17(19-20-18(21)15-7-8-15)12-22(10-13-5-6-13)11-14-3-2-4-16(23)9-14/h2-4,9,13,15,23H,5-8,10-12H2,1H3. The van der Waals surface area contributed by atoms with Gasteiger partial charge in [-0.25, -0.2) is 0 Å². The maximum absolute atomic E-state index is 9.68. The van der Waals surface area contributed by atoms with E-state index in [-0.39, 0.29) is 0 Å². The van der Waals surface area contributed by atoms with Gasteiger partial charge >= 0.3 is 0 Å². The van der Waals surface area contributed by atoms with Crippen LogP contribution in [-0.2, 0) is 20.1 Å². The van der Waals surface area contributed by atoms with Crippen LogP contribution < -0.4 is 0 Å². The molecule has 0 radical (unpaired) electrons. The lowest BCUT2D eigenvalue weighted by Crippen LogP contribution is -2.26. The van der Waals surface area contributed by atoms with Crippen molar-refractivity contribution in [1.29, 1.82) is 0 Å². The fraction of sp³-hybridized carbons (Fsp3) is 0.556. The first-order chi connectivity index (χ1) is 11.2. The summed E-state index contributed by atoms with van der Waals surface area (Å²) in [5.74, 6) is 3.98. The van der Waals surface area contributed by atoms with Crippen LogP contribution in [0.3, 0.4) is 0 Å². The lowest BCUT2D eigenvalue weighted by atomic mass is 10.2. The van der Waals surface area contributed by atoms with Crippen LogP contribution in [0.15, 0.2) is 24.3 Å². The maximum atomic E-state index is 9.68. The Balaban J connectivity index is 1.49. The van der Waals surface area contributed by atoms with E-state index in [0.717, 1.165) is 42.8 Å². The van der Waals surface area contributed by atoms with Crippen molar-refractivity contribution >= 4 is 0 Å². The number of rotatable bonds is 7. The lowest BCUT2D eigenvalue weighted by Gasteiger charge is -2.22. The van der Waals surface area contributed by atoms with Gasteiger partial charge in [-0.2, -0.15) is 0 Å². The molecule has 2 saturated carbocycles. The third kappa shape index (κ3) is 3.55. The highest BCUT2D eigenvalue weighted by Crippen LogP contribution is 2.39. The van der Waals surface area contributed by atoms with Crippen molar-refractivity contribution in [2.45, 2.75) is 44.7 Å². The molecule has 2 aliphatic carbocycles. The van der Waals surface area contributed by atoms with Crippen molar-refractivity contribution in [2.75, 3.05) is 6.54 Å². The fourth-order valence-corrected chi connectivity index (χ4v) is 3.17. The van der Waals surface area contributed by atoms with Crippen molar-refractivity contribution in [2.24, 2.45) is 13.0 Å². The van der Waals surface area contributed by atoms with E-state index in [0.29, 0.717) is 11.7 Å². The predicted molar refractivity (Wildman–Crippen MR) is 87.9 cm³/mol. The largest absolute Gasteiger partial charge is 0.508 e. The van der Waals surface area contributed by atoms with Gasteiger partial charge in [-0.05, 0) is 49.3 Å². The number of hydrogen-bond acceptors (Lipinski definition) is 4. The van der Waals surface area contributed by atoms with Crippen molar-refractivity contribution in [3.63, 3.8) is 0 Å². The van der Waals surface area contributed by atoms with Gasteiger partial charge in [0.05, 0.1) is 6.54 Å². The summed E-state index contributed by atoms with van der Waals surface area (Å²) >= 11 is 0. The van der Waals surface area contributed by atoms with Crippen LogP contribution in [0, 0.1) is 5.92 Å². The summed E-state index contributed by atoms with van der Waals surface area (Å²) in [7, 11) is 2.09. The minimum atomic E-state index is 0.337. The zero-order valence-electron chi connectivity index (χ0n) is 13.6. The molecule has 122 valence electrons. The molecule has 1 N–H and O–H groups in total. The molecular weight excluding hydrogens is 288 g/mol. The molecule has 1 aromatic carbocycles. The zero-order chi connectivity index (χ0) is 15.8. The molecule has 5 heteroatoms. The molecule has 0 atom stereocenters. The Morgan fingerprint density at radius 2 is 2.00 bits per heavy atom. The number of hydrogen-bond donors (Lipinski definition) is 1. The van der Waals surface area contributed by atoms with Gasteiger partial charge in [0.25, 0.3) is 0 Å². The summed E-state index contributed by atoms with van der Waals surface area (Å²) < 4.78 is 2.18. The Morgan fingerprint density at radius 3 is 2.70 bits per heavy atom. The average Bonchev–Trinajstić information content (AvgIpc) is 3.42. The van der Waals surface area contributed by atoms with E-state index in [1.54, 1.807) is 6.07 Å². The predicted octanol–water partition coefficient (Wildman–Crippen LogP) is 2.81. The third-order valence-electron chi connectivity index (χ3n) is 4.84. The van der Waals surface area contributed by atoms with Crippen LogP contribution in [0.5, 0.6) is 5.75 Å². The van der Waals surface area contributed by atoms with Gasteiger partial charge in [0, 0.05) is 26.1 Å². The molecule has 0 bridgehead atoms. The van der Waals surface area contributed by atoms with Crippen LogP contribution in [-0.4, -0.2) is 31.3 Å². The molecule has 2 aromatic rings. The Morgan fingerprint density at radius 1 is 1.17 bits per heavy atom. The first-order valence-corrected chi connectivity index (χ1v) is 8.57. The van der Waals surface area contributed by atoms with Crippen molar-refractivity contribution in [3.8, 4) is 5.75 Å². The summed E-state index contributed by atoms with van der Waals surface area (Å²) in [4.78, 5) is 2.44. The Bertz CT molecular complexity index is 688. The van der Waals surface area contributed by atoms with E-state index in [1.807, 2.05) is 12.1 Å². The van der Waals surface area contributed by atoms with E-state index in [1.165, 1.54) is 25.7 Å². The number of nitrogens with zero attached hydrogens (tertiary/aromatic N) is 4. The molecule has 0 aliphatic heterocycles. The zero-order valence-corrected chi connectivity index (χ0v) is 13.6. The number of phenols is 1. The van der Waals surface area contributed by atoms with Crippen LogP contribution in [0.1, 0.15) is 48.8 Å².